The van der Waals surface area contributed by atoms with Crippen molar-refractivity contribution in [2.45, 2.75) is 52.1 Å². The van der Waals surface area contributed by atoms with E-state index in [2.05, 4.69) is 19.2 Å². The van der Waals surface area contributed by atoms with Crippen LogP contribution in [0.25, 0.3) is 0 Å². The Morgan fingerprint density at radius 1 is 1.29 bits per heavy atom. The first-order chi connectivity index (χ1) is 10.2. The van der Waals surface area contributed by atoms with Crippen LogP contribution < -0.4 is 5.32 Å². The molecule has 0 radical (unpaired) electrons. The highest BCUT2D eigenvalue weighted by molar-refractivity contribution is 5.29. The smallest absolute Gasteiger partial charge is 0.157 e. The highest BCUT2D eigenvalue weighted by Gasteiger charge is 2.35. The largest absolute Gasteiger partial charge is 0.373 e. The second kappa shape index (κ2) is 6.41. The summed E-state index contributed by atoms with van der Waals surface area (Å²) in [6.07, 6.45) is 6.05. The van der Waals surface area contributed by atoms with Gasteiger partial charge < -0.3 is 10.1 Å². The SMILES string of the molecule is CCNCC1CCc2nc(C(OC)C3CC3)nc(C)c2C1. The molecule has 4 heteroatoms. The van der Waals surface area contributed by atoms with E-state index >= 15 is 0 Å². The summed E-state index contributed by atoms with van der Waals surface area (Å²) in [5, 5.41) is 3.47. The second-order valence-electron chi connectivity index (χ2n) is 6.50. The van der Waals surface area contributed by atoms with Gasteiger partial charge in [0.2, 0.25) is 0 Å². The van der Waals surface area contributed by atoms with Crippen LogP contribution in [-0.2, 0) is 17.6 Å². The summed E-state index contributed by atoms with van der Waals surface area (Å²) in [7, 11) is 1.79. The van der Waals surface area contributed by atoms with Gasteiger partial charge in [0.1, 0.15) is 6.10 Å². The van der Waals surface area contributed by atoms with Crippen molar-refractivity contribution in [3.63, 3.8) is 0 Å². The highest BCUT2D eigenvalue weighted by atomic mass is 16.5. The number of fused-ring (bicyclic) bond motifs is 1. The number of methoxy groups -OCH3 is 1. The predicted octanol–water partition coefficient (Wildman–Crippen LogP) is 2.60. The second-order valence-corrected chi connectivity index (χ2v) is 6.50. The Hall–Kier alpha value is -1.00. The van der Waals surface area contributed by atoms with E-state index in [1.807, 2.05) is 0 Å². The molecule has 0 bridgehead atoms. The summed E-state index contributed by atoms with van der Waals surface area (Å²) in [5.74, 6) is 2.28. The Kier molecular flexibility index (Phi) is 4.55. The molecule has 1 aromatic rings. The van der Waals surface area contributed by atoms with Gasteiger partial charge >= 0.3 is 0 Å². The van der Waals surface area contributed by atoms with E-state index in [1.54, 1.807) is 7.11 Å². The third-order valence-corrected chi connectivity index (χ3v) is 4.84. The van der Waals surface area contributed by atoms with E-state index in [4.69, 9.17) is 14.7 Å². The minimum atomic E-state index is 0.105. The van der Waals surface area contributed by atoms with Gasteiger partial charge in [-0.1, -0.05) is 6.92 Å². The van der Waals surface area contributed by atoms with E-state index < -0.39 is 0 Å². The number of aryl methyl sites for hydroxylation is 2. The fraction of sp³-hybridized carbons (Fsp3) is 0.765. The topological polar surface area (TPSA) is 47.0 Å². The van der Waals surface area contributed by atoms with Crippen LogP contribution in [0, 0.1) is 18.8 Å². The molecule has 1 saturated carbocycles. The molecule has 2 unspecified atom stereocenters. The predicted molar refractivity (Wildman–Crippen MR) is 83.3 cm³/mol. The number of hydrogen-bond acceptors (Lipinski definition) is 4. The lowest BCUT2D eigenvalue weighted by Crippen LogP contribution is -2.28. The van der Waals surface area contributed by atoms with Gasteiger partial charge in [-0.15, -0.1) is 0 Å². The number of nitrogens with one attached hydrogen (secondary N) is 1. The zero-order valence-electron chi connectivity index (χ0n) is 13.5. The quantitative estimate of drug-likeness (QED) is 0.874. The fourth-order valence-electron chi connectivity index (χ4n) is 3.44. The van der Waals surface area contributed by atoms with Gasteiger partial charge in [-0.25, -0.2) is 9.97 Å². The summed E-state index contributed by atoms with van der Waals surface area (Å²) >= 11 is 0. The van der Waals surface area contributed by atoms with Crippen molar-refractivity contribution in [2.75, 3.05) is 20.2 Å². The van der Waals surface area contributed by atoms with E-state index in [9.17, 15) is 0 Å². The van der Waals surface area contributed by atoms with Crippen LogP contribution in [0.15, 0.2) is 0 Å². The first kappa shape index (κ1) is 14.9. The molecular weight excluding hydrogens is 262 g/mol. The van der Waals surface area contributed by atoms with Gasteiger partial charge in [-0.2, -0.15) is 0 Å². The molecule has 4 nitrogen and oxygen atoms in total. The Morgan fingerprint density at radius 2 is 2.10 bits per heavy atom. The van der Waals surface area contributed by atoms with Gasteiger partial charge in [-0.05, 0) is 69.5 Å². The maximum absolute atomic E-state index is 5.65. The maximum Gasteiger partial charge on any atom is 0.157 e. The van der Waals surface area contributed by atoms with Gasteiger partial charge in [-0.3, -0.25) is 0 Å². The van der Waals surface area contributed by atoms with Crippen LogP contribution in [-0.4, -0.2) is 30.2 Å². The van der Waals surface area contributed by atoms with Crippen molar-refractivity contribution in [1.29, 1.82) is 0 Å². The third kappa shape index (κ3) is 3.27. The monoisotopic (exact) mass is 289 g/mol. The molecule has 2 atom stereocenters. The maximum atomic E-state index is 5.65. The van der Waals surface area contributed by atoms with E-state index in [0.717, 1.165) is 37.7 Å². The molecule has 2 aliphatic rings. The molecule has 1 aromatic heterocycles. The van der Waals surface area contributed by atoms with Crippen molar-refractivity contribution in [2.24, 2.45) is 11.8 Å². The molecule has 0 aromatic carbocycles. The van der Waals surface area contributed by atoms with Crippen molar-refractivity contribution in [3.05, 3.63) is 22.8 Å². The molecule has 0 aliphatic heterocycles. The van der Waals surface area contributed by atoms with Gasteiger partial charge in [0.25, 0.3) is 0 Å². The van der Waals surface area contributed by atoms with Crippen LogP contribution in [0.5, 0.6) is 0 Å². The number of rotatable bonds is 6. The molecule has 1 fully saturated rings. The summed E-state index contributed by atoms with van der Waals surface area (Å²) in [6, 6.07) is 0. The Morgan fingerprint density at radius 3 is 2.76 bits per heavy atom. The molecule has 3 rings (SSSR count). The number of ether oxygens (including phenoxy) is 1. The molecule has 1 heterocycles. The lowest BCUT2D eigenvalue weighted by Gasteiger charge is -2.26. The standard InChI is InChI=1S/C17H27N3O/c1-4-18-10-12-5-8-15-14(9-12)11(2)19-17(20-15)16(21-3)13-6-7-13/h12-13,16,18H,4-10H2,1-3H3. The average molecular weight is 289 g/mol. The Bertz CT molecular complexity index is 499. The van der Waals surface area contributed by atoms with Gasteiger partial charge in [0, 0.05) is 18.5 Å². The number of aromatic nitrogens is 2. The minimum absolute atomic E-state index is 0.105. The van der Waals surface area contributed by atoms with Crippen LogP contribution in [0.2, 0.25) is 0 Å². The van der Waals surface area contributed by atoms with Crippen molar-refractivity contribution in [1.82, 2.24) is 15.3 Å². The highest BCUT2D eigenvalue weighted by Crippen LogP contribution is 2.42. The van der Waals surface area contributed by atoms with Crippen LogP contribution in [0.1, 0.15) is 55.1 Å². The zero-order valence-corrected chi connectivity index (χ0v) is 13.5. The molecule has 0 saturated heterocycles. The number of nitrogens with zero attached hydrogens (tertiary/aromatic N) is 2. The summed E-state index contributed by atoms with van der Waals surface area (Å²) in [4.78, 5) is 9.64. The van der Waals surface area contributed by atoms with E-state index in [-0.39, 0.29) is 6.10 Å². The van der Waals surface area contributed by atoms with Gasteiger partial charge in [0.15, 0.2) is 5.82 Å². The van der Waals surface area contributed by atoms with Crippen molar-refractivity contribution in [3.8, 4) is 0 Å². The fourth-order valence-corrected chi connectivity index (χ4v) is 3.44. The first-order valence-corrected chi connectivity index (χ1v) is 8.32. The summed E-state index contributed by atoms with van der Waals surface area (Å²) in [6.45, 7) is 6.47. The third-order valence-electron chi connectivity index (χ3n) is 4.84. The molecule has 1 N–H and O–H groups in total. The zero-order chi connectivity index (χ0) is 14.8. The lowest BCUT2D eigenvalue weighted by atomic mass is 9.85. The molecule has 21 heavy (non-hydrogen) atoms. The average Bonchev–Trinajstić information content (AvgIpc) is 3.31. The van der Waals surface area contributed by atoms with Crippen LogP contribution >= 0.6 is 0 Å². The summed E-state index contributed by atoms with van der Waals surface area (Å²) in [5.41, 5.74) is 3.82. The van der Waals surface area contributed by atoms with Crippen LogP contribution in [0.3, 0.4) is 0 Å². The minimum Gasteiger partial charge on any atom is -0.373 e. The number of hydrogen-bond donors (Lipinski definition) is 1. The van der Waals surface area contributed by atoms with Crippen LogP contribution in [0.4, 0.5) is 0 Å². The molecule has 116 valence electrons. The van der Waals surface area contributed by atoms with Crippen molar-refractivity contribution >= 4 is 0 Å². The summed E-state index contributed by atoms with van der Waals surface area (Å²) < 4.78 is 5.65. The van der Waals surface area contributed by atoms with E-state index in [1.165, 1.54) is 36.2 Å². The molecule has 0 amide bonds. The van der Waals surface area contributed by atoms with E-state index in [0.29, 0.717) is 5.92 Å². The Balaban J connectivity index is 1.79. The Labute approximate surface area is 127 Å². The molecule has 0 spiro atoms. The normalized spacial score (nSPS) is 22.9. The molecular formula is C17H27N3O. The van der Waals surface area contributed by atoms with Gasteiger partial charge in [0.05, 0.1) is 0 Å². The van der Waals surface area contributed by atoms with Crippen molar-refractivity contribution < 1.29 is 4.74 Å². The lowest BCUT2D eigenvalue weighted by molar-refractivity contribution is 0.0767. The molecule has 2 aliphatic carbocycles. The first-order valence-electron chi connectivity index (χ1n) is 8.32.